The van der Waals surface area contributed by atoms with E-state index in [1.54, 1.807) is 40.8 Å². The summed E-state index contributed by atoms with van der Waals surface area (Å²) in [6, 6.07) is 6.64. The van der Waals surface area contributed by atoms with Crippen molar-refractivity contribution in [3.63, 3.8) is 0 Å². The third kappa shape index (κ3) is 3.94. The monoisotopic (exact) mass is 319 g/mol. The number of rotatable bonds is 5. The van der Waals surface area contributed by atoms with Gasteiger partial charge in [0.2, 0.25) is 0 Å². The molecule has 15 heavy (non-hydrogen) atoms. The first-order chi connectivity index (χ1) is 7.11. The molecule has 0 radical (unpaired) electrons. The van der Waals surface area contributed by atoms with E-state index < -0.39 is 0 Å². The molecule has 0 atom stereocenters. The number of aryl methyl sites for hydroxylation is 1. The van der Waals surface area contributed by atoms with Crippen LogP contribution in [0.5, 0.6) is 0 Å². The van der Waals surface area contributed by atoms with Crippen LogP contribution in [0.4, 0.5) is 5.69 Å². The second-order valence-electron chi connectivity index (χ2n) is 3.09. The van der Waals surface area contributed by atoms with Gasteiger partial charge >= 0.3 is 0 Å². The minimum Gasteiger partial charge on any atom is -0.288 e. The highest BCUT2D eigenvalue weighted by Gasteiger charge is 2.11. The number of benzene rings is 1. The lowest BCUT2D eigenvalue weighted by atomic mass is 10.1. The summed E-state index contributed by atoms with van der Waals surface area (Å²) >= 11 is 1.73. The van der Waals surface area contributed by atoms with E-state index >= 15 is 0 Å². The number of carbonyl (C=O) groups is 1. The standard InChI is InChI=1S/C10H10INO3/c11-10(13)7-3-5-8-4-1-2-6-9(8)12(14)15/h1-2,4,6H,3,5,7H2. The predicted molar refractivity (Wildman–Crippen MR) is 65.1 cm³/mol. The van der Waals surface area contributed by atoms with Crippen molar-refractivity contribution in [1.82, 2.24) is 0 Å². The molecule has 1 aromatic carbocycles. The van der Waals surface area contributed by atoms with Gasteiger partial charge in [0.05, 0.1) is 4.92 Å². The van der Waals surface area contributed by atoms with Gasteiger partial charge in [-0.3, -0.25) is 14.9 Å². The highest BCUT2D eigenvalue weighted by atomic mass is 127. The lowest BCUT2D eigenvalue weighted by Crippen LogP contribution is -1.96. The van der Waals surface area contributed by atoms with Gasteiger partial charge in [0.25, 0.3) is 5.69 Å². The van der Waals surface area contributed by atoms with Gasteiger partial charge in [-0.15, -0.1) is 0 Å². The van der Waals surface area contributed by atoms with Gasteiger partial charge in [0, 0.05) is 18.1 Å². The second kappa shape index (κ2) is 5.79. The smallest absolute Gasteiger partial charge is 0.272 e. The van der Waals surface area contributed by atoms with Gasteiger partial charge in [-0.1, -0.05) is 18.2 Å². The number of hydrogen-bond acceptors (Lipinski definition) is 3. The quantitative estimate of drug-likeness (QED) is 0.363. The van der Waals surface area contributed by atoms with Crippen LogP contribution in [0, 0.1) is 10.1 Å². The van der Waals surface area contributed by atoms with Gasteiger partial charge in [-0.2, -0.15) is 0 Å². The van der Waals surface area contributed by atoms with Gasteiger partial charge in [0.15, 0.2) is 3.79 Å². The van der Waals surface area contributed by atoms with Crippen LogP contribution in [0.1, 0.15) is 18.4 Å². The van der Waals surface area contributed by atoms with Crippen LogP contribution in [0.3, 0.4) is 0 Å². The Balaban J connectivity index is 2.67. The molecule has 0 aliphatic rings. The van der Waals surface area contributed by atoms with Crippen molar-refractivity contribution in [3.05, 3.63) is 39.9 Å². The number of nitro benzene ring substituents is 1. The van der Waals surface area contributed by atoms with Crippen LogP contribution < -0.4 is 0 Å². The SMILES string of the molecule is O=C(I)CCCc1ccccc1[N+](=O)[O-]. The lowest BCUT2D eigenvalue weighted by molar-refractivity contribution is -0.385. The van der Waals surface area contributed by atoms with Gasteiger partial charge in [-0.25, -0.2) is 0 Å². The van der Waals surface area contributed by atoms with Crippen molar-refractivity contribution in [1.29, 1.82) is 0 Å². The highest BCUT2D eigenvalue weighted by molar-refractivity contribution is 14.1. The van der Waals surface area contributed by atoms with Crippen molar-refractivity contribution in [2.45, 2.75) is 19.3 Å². The third-order valence-electron chi connectivity index (χ3n) is 2.01. The first-order valence-corrected chi connectivity index (χ1v) is 5.60. The maximum absolute atomic E-state index is 10.7. The number of nitro groups is 1. The fourth-order valence-electron chi connectivity index (χ4n) is 1.32. The Kier molecular flexibility index (Phi) is 4.67. The summed E-state index contributed by atoms with van der Waals surface area (Å²) in [6.45, 7) is 0. The molecule has 0 amide bonds. The zero-order valence-corrected chi connectivity index (χ0v) is 10.1. The predicted octanol–water partition coefficient (Wildman–Crippen LogP) is 2.88. The van der Waals surface area contributed by atoms with Crippen molar-refractivity contribution < 1.29 is 9.72 Å². The molecule has 5 heteroatoms. The molecule has 80 valence electrons. The van der Waals surface area contributed by atoms with E-state index in [0.717, 1.165) is 0 Å². The summed E-state index contributed by atoms with van der Waals surface area (Å²) in [5.41, 5.74) is 0.832. The van der Waals surface area contributed by atoms with Crippen molar-refractivity contribution in [2.75, 3.05) is 0 Å². The molecule has 0 heterocycles. The first kappa shape index (κ1) is 12.1. The van der Waals surface area contributed by atoms with Crippen LogP contribution in [0.15, 0.2) is 24.3 Å². The average molecular weight is 319 g/mol. The topological polar surface area (TPSA) is 60.2 Å². The van der Waals surface area contributed by atoms with E-state index in [9.17, 15) is 14.9 Å². The number of nitrogens with zero attached hydrogens (tertiary/aromatic N) is 1. The molecule has 0 saturated carbocycles. The molecule has 0 bridgehead atoms. The summed E-state index contributed by atoms with van der Waals surface area (Å²) in [5.74, 6) is 0. The molecular weight excluding hydrogens is 309 g/mol. The van der Waals surface area contributed by atoms with Gasteiger partial charge in [0.1, 0.15) is 0 Å². The van der Waals surface area contributed by atoms with Gasteiger partial charge in [-0.05, 0) is 35.4 Å². The Hall–Kier alpha value is -0.980. The van der Waals surface area contributed by atoms with E-state index in [4.69, 9.17) is 0 Å². The molecule has 0 aliphatic carbocycles. The molecule has 0 fully saturated rings. The van der Waals surface area contributed by atoms with Crippen LogP contribution in [-0.2, 0) is 11.2 Å². The molecule has 4 nitrogen and oxygen atoms in total. The molecule has 0 spiro atoms. The fourth-order valence-corrected chi connectivity index (χ4v) is 1.70. The number of para-hydroxylation sites is 1. The molecule has 0 unspecified atom stereocenters. The van der Waals surface area contributed by atoms with Crippen molar-refractivity contribution >= 4 is 32.1 Å². The number of halogens is 1. The van der Waals surface area contributed by atoms with Crippen LogP contribution in [0.25, 0.3) is 0 Å². The average Bonchev–Trinajstić information content (AvgIpc) is 2.17. The minimum atomic E-state index is -0.388. The number of carbonyl (C=O) groups excluding carboxylic acids is 1. The molecule has 0 aromatic heterocycles. The summed E-state index contributed by atoms with van der Waals surface area (Å²) in [7, 11) is 0. The molecule has 1 aromatic rings. The highest BCUT2D eigenvalue weighted by Crippen LogP contribution is 2.19. The zero-order valence-electron chi connectivity index (χ0n) is 7.98. The number of hydrogen-bond donors (Lipinski definition) is 0. The minimum absolute atomic E-state index is 0.0891. The maximum atomic E-state index is 10.7. The Labute approximate surface area is 101 Å². The Morgan fingerprint density at radius 2 is 2.07 bits per heavy atom. The lowest BCUT2D eigenvalue weighted by Gasteiger charge is -2.00. The Morgan fingerprint density at radius 1 is 1.40 bits per heavy atom. The van der Waals surface area contributed by atoms with E-state index in [1.807, 2.05) is 0 Å². The zero-order chi connectivity index (χ0) is 11.3. The second-order valence-corrected chi connectivity index (χ2v) is 4.30. The van der Waals surface area contributed by atoms with E-state index in [1.165, 1.54) is 6.07 Å². The van der Waals surface area contributed by atoms with E-state index in [2.05, 4.69) is 0 Å². The van der Waals surface area contributed by atoms with Crippen molar-refractivity contribution in [2.24, 2.45) is 0 Å². The Morgan fingerprint density at radius 3 is 2.67 bits per heavy atom. The van der Waals surface area contributed by atoms with Gasteiger partial charge < -0.3 is 0 Å². The van der Waals surface area contributed by atoms with Crippen LogP contribution in [-0.4, -0.2) is 8.71 Å². The van der Waals surface area contributed by atoms with E-state index in [-0.39, 0.29) is 14.4 Å². The maximum Gasteiger partial charge on any atom is 0.272 e. The summed E-state index contributed by atoms with van der Waals surface area (Å²) in [6.07, 6.45) is 1.70. The van der Waals surface area contributed by atoms with E-state index in [0.29, 0.717) is 24.8 Å². The summed E-state index contributed by atoms with van der Waals surface area (Å²) < 4.78 is 0.0891. The fraction of sp³-hybridized carbons (Fsp3) is 0.300. The molecule has 1 rings (SSSR count). The first-order valence-electron chi connectivity index (χ1n) is 4.52. The summed E-state index contributed by atoms with van der Waals surface area (Å²) in [5, 5.41) is 10.7. The normalized spacial score (nSPS) is 9.93. The molecule has 0 N–H and O–H groups in total. The van der Waals surface area contributed by atoms with Crippen LogP contribution >= 0.6 is 22.6 Å². The largest absolute Gasteiger partial charge is 0.288 e. The van der Waals surface area contributed by atoms with Crippen LogP contribution in [0.2, 0.25) is 0 Å². The summed E-state index contributed by atoms with van der Waals surface area (Å²) in [4.78, 5) is 21.0. The third-order valence-corrected chi connectivity index (χ3v) is 2.55. The molecule has 0 saturated heterocycles. The molecule has 0 aliphatic heterocycles. The van der Waals surface area contributed by atoms with Crippen molar-refractivity contribution in [3.8, 4) is 0 Å². The Bertz CT molecular complexity index is 379. The molecular formula is C10H10INO3.